The van der Waals surface area contributed by atoms with Crippen molar-refractivity contribution in [2.75, 3.05) is 0 Å². The zero-order valence-electron chi connectivity index (χ0n) is 13.5. The van der Waals surface area contributed by atoms with Gasteiger partial charge in [0.25, 0.3) is 0 Å². The zero-order chi connectivity index (χ0) is 18.4. The summed E-state index contributed by atoms with van der Waals surface area (Å²) in [7, 11) is 0. The Kier molecular flexibility index (Phi) is 5.81. The summed E-state index contributed by atoms with van der Waals surface area (Å²) in [4.78, 5) is 12.3. The number of amides is 1. The molecule has 0 aliphatic carbocycles. The molecule has 0 saturated heterocycles. The third-order valence-corrected chi connectivity index (χ3v) is 3.78. The molecule has 0 heterocycles. The Bertz CT molecular complexity index is 850. The van der Waals surface area contributed by atoms with E-state index < -0.39 is 29.5 Å². The molecule has 1 N–H and O–H groups in total. The molecule has 2 atom stereocenters. The van der Waals surface area contributed by atoms with E-state index >= 15 is 0 Å². The second-order valence-corrected chi connectivity index (χ2v) is 5.59. The molecule has 0 aliphatic heterocycles. The molecule has 0 bridgehead atoms. The van der Waals surface area contributed by atoms with E-state index in [1.165, 1.54) is 6.07 Å². The first-order valence-electron chi connectivity index (χ1n) is 7.58. The lowest BCUT2D eigenvalue weighted by Gasteiger charge is -2.17. The number of halogens is 2. The van der Waals surface area contributed by atoms with Gasteiger partial charge in [0, 0.05) is 11.6 Å². The molecule has 0 aliphatic rings. The molecule has 126 valence electrons. The number of hydrogen-bond acceptors (Lipinski definition) is 3. The van der Waals surface area contributed by atoms with E-state index in [1.807, 2.05) is 12.1 Å². The molecule has 2 aromatic rings. The number of nitrogens with one attached hydrogen (secondary N) is 1. The molecule has 0 aromatic heterocycles. The van der Waals surface area contributed by atoms with E-state index in [0.717, 1.165) is 17.7 Å². The van der Waals surface area contributed by atoms with E-state index in [2.05, 4.69) is 5.32 Å². The third kappa shape index (κ3) is 4.62. The van der Waals surface area contributed by atoms with Gasteiger partial charge in [-0.15, -0.1) is 0 Å². The van der Waals surface area contributed by atoms with Gasteiger partial charge < -0.3 is 5.32 Å². The lowest BCUT2D eigenvalue weighted by atomic mass is 9.98. The Morgan fingerprint density at radius 1 is 1.16 bits per heavy atom. The molecule has 0 radical (unpaired) electrons. The molecule has 0 saturated carbocycles. The fraction of sp³-hybridized carbons (Fsp3) is 0.211. The molecule has 6 heteroatoms. The van der Waals surface area contributed by atoms with Crippen LogP contribution in [0.2, 0.25) is 0 Å². The van der Waals surface area contributed by atoms with Gasteiger partial charge in [0.05, 0.1) is 23.7 Å². The predicted molar refractivity (Wildman–Crippen MR) is 86.9 cm³/mol. The minimum absolute atomic E-state index is 0.143. The van der Waals surface area contributed by atoms with Crippen molar-refractivity contribution in [1.82, 2.24) is 5.32 Å². The maximum atomic E-state index is 13.8. The van der Waals surface area contributed by atoms with Crippen LogP contribution in [-0.2, 0) is 11.2 Å². The molecule has 0 spiro atoms. The van der Waals surface area contributed by atoms with Crippen molar-refractivity contribution >= 4 is 5.91 Å². The maximum absolute atomic E-state index is 13.8. The highest BCUT2D eigenvalue weighted by Crippen LogP contribution is 2.19. The fourth-order valence-corrected chi connectivity index (χ4v) is 2.39. The molecule has 0 fully saturated rings. The van der Waals surface area contributed by atoms with Crippen molar-refractivity contribution in [2.24, 2.45) is 5.92 Å². The second-order valence-electron chi connectivity index (χ2n) is 5.59. The van der Waals surface area contributed by atoms with E-state index in [4.69, 9.17) is 5.26 Å². The van der Waals surface area contributed by atoms with Gasteiger partial charge in [-0.2, -0.15) is 10.5 Å². The first-order valence-corrected chi connectivity index (χ1v) is 7.58. The van der Waals surface area contributed by atoms with Crippen LogP contribution >= 0.6 is 0 Å². The average Bonchev–Trinajstić information content (AvgIpc) is 2.59. The van der Waals surface area contributed by atoms with Crippen LogP contribution in [0.5, 0.6) is 0 Å². The lowest BCUT2D eigenvalue weighted by molar-refractivity contribution is -0.124. The number of hydrogen-bond donors (Lipinski definition) is 1. The predicted octanol–water partition coefficient (Wildman–Crippen LogP) is 3.40. The molecule has 25 heavy (non-hydrogen) atoms. The summed E-state index contributed by atoms with van der Waals surface area (Å²) in [6, 6.07) is 12.9. The number of rotatable bonds is 5. The minimum Gasteiger partial charge on any atom is -0.348 e. The number of carbonyl (C=O) groups excluding carboxylic acids is 1. The first-order chi connectivity index (χ1) is 11.9. The highest BCUT2D eigenvalue weighted by molar-refractivity contribution is 5.81. The summed E-state index contributed by atoms with van der Waals surface area (Å²) < 4.78 is 26.7. The van der Waals surface area contributed by atoms with Crippen LogP contribution in [-0.4, -0.2) is 5.91 Å². The molecular formula is C19H15F2N3O. The third-order valence-electron chi connectivity index (χ3n) is 3.78. The number of nitrogens with zero attached hydrogens (tertiary/aromatic N) is 2. The van der Waals surface area contributed by atoms with E-state index in [-0.39, 0.29) is 12.0 Å². The Balaban J connectivity index is 2.06. The van der Waals surface area contributed by atoms with Crippen LogP contribution in [0.1, 0.15) is 29.7 Å². The Morgan fingerprint density at radius 3 is 2.40 bits per heavy atom. The number of benzene rings is 2. The smallest absolute Gasteiger partial charge is 0.238 e. The maximum Gasteiger partial charge on any atom is 0.238 e. The quantitative estimate of drug-likeness (QED) is 0.907. The van der Waals surface area contributed by atoms with E-state index in [0.29, 0.717) is 5.56 Å². The second kappa shape index (κ2) is 8.03. The van der Waals surface area contributed by atoms with Crippen molar-refractivity contribution < 1.29 is 13.6 Å². The van der Waals surface area contributed by atoms with E-state index in [1.54, 1.807) is 31.2 Å². The van der Waals surface area contributed by atoms with Gasteiger partial charge in [-0.1, -0.05) is 18.2 Å². The SMILES string of the molecule is C[C@@H](NC(=O)[C@@H](C#N)Cc1ccc(C#N)cc1)c1ccc(F)cc1F. The van der Waals surface area contributed by atoms with Crippen molar-refractivity contribution in [3.63, 3.8) is 0 Å². The summed E-state index contributed by atoms with van der Waals surface area (Å²) in [5.41, 5.74) is 1.37. The minimum atomic E-state index is -0.959. The van der Waals surface area contributed by atoms with Gasteiger partial charge in [0.15, 0.2) is 0 Å². The van der Waals surface area contributed by atoms with Crippen LogP contribution in [0.3, 0.4) is 0 Å². The lowest BCUT2D eigenvalue weighted by Crippen LogP contribution is -2.33. The highest BCUT2D eigenvalue weighted by atomic mass is 19.1. The van der Waals surface area contributed by atoms with Crippen molar-refractivity contribution in [2.45, 2.75) is 19.4 Å². The van der Waals surface area contributed by atoms with Gasteiger partial charge in [0.1, 0.15) is 17.6 Å². The summed E-state index contributed by atoms with van der Waals surface area (Å²) in [6.45, 7) is 1.56. The summed E-state index contributed by atoms with van der Waals surface area (Å²) in [5, 5.41) is 20.6. The molecule has 2 rings (SSSR count). The van der Waals surface area contributed by atoms with Crippen LogP contribution in [0.25, 0.3) is 0 Å². The van der Waals surface area contributed by atoms with Gasteiger partial charge in [0.2, 0.25) is 5.91 Å². The standard InChI is InChI=1S/C19H15F2N3O/c1-12(17-7-6-16(20)9-18(17)21)24-19(25)15(11-23)8-13-2-4-14(10-22)5-3-13/h2-7,9,12,15H,8H2,1H3,(H,24,25)/t12-,15-/m1/s1. The molecule has 4 nitrogen and oxygen atoms in total. The Morgan fingerprint density at radius 2 is 1.84 bits per heavy atom. The fourth-order valence-electron chi connectivity index (χ4n) is 2.39. The Labute approximate surface area is 144 Å². The van der Waals surface area contributed by atoms with Crippen LogP contribution in [0.15, 0.2) is 42.5 Å². The zero-order valence-corrected chi connectivity index (χ0v) is 13.5. The normalized spacial score (nSPS) is 12.5. The first kappa shape index (κ1) is 18.1. The summed E-state index contributed by atoms with van der Waals surface area (Å²) in [6.07, 6.45) is 0.173. The van der Waals surface area contributed by atoms with Crippen molar-refractivity contribution in [3.05, 3.63) is 70.8 Å². The molecule has 0 unspecified atom stereocenters. The largest absolute Gasteiger partial charge is 0.348 e. The van der Waals surface area contributed by atoms with E-state index in [9.17, 15) is 18.8 Å². The van der Waals surface area contributed by atoms with Crippen molar-refractivity contribution in [3.8, 4) is 12.1 Å². The molecule has 1 amide bonds. The summed E-state index contributed by atoms with van der Waals surface area (Å²) >= 11 is 0. The van der Waals surface area contributed by atoms with Gasteiger partial charge in [-0.25, -0.2) is 8.78 Å². The monoisotopic (exact) mass is 339 g/mol. The topological polar surface area (TPSA) is 76.7 Å². The Hall–Kier alpha value is -3.25. The van der Waals surface area contributed by atoms with Gasteiger partial charge in [-0.3, -0.25) is 4.79 Å². The highest BCUT2D eigenvalue weighted by Gasteiger charge is 2.22. The van der Waals surface area contributed by atoms with Gasteiger partial charge in [-0.05, 0) is 37.1 Å². The number of nitriles is 2. The average molecular weight is 339 g/mol. The van der Waals surface area contributed by atoms with Crippen LogP contribution in [0.4, 0.5) is 8.78 Å². The molecular weight excluding hydrogens is 324 g/mol. The van der Waals surface area contributed by atoms with Crippen LogP contribution < -0.4 is 5.32 Å². The van der Waals surface area contributed by atoms with Crippen molar-refractivity contribution in [1.29, 1.82) is 10.5 Å². The van der Waals surface area contributed by atoms with Crippen LogP contribution in [0, 0.1) is 40.2 Å². The number of carbonyl (C=O) groups is 1. The summed E-state index contributed by atoms with van der Waals surface area (Å²) in [5.74, 6) is -2.95. The molecule has 2 aromatic carbocycles. The van der Waals surface area contributed by atoms with Gasteiger partial charge >= 0.3 is 0 Å².